The molecule has 0 spiro atoms. The fourth-order valence-electron chi connectivity index (χ4n) is 2.71. The van der Waals surface area contributed by atoms with Gasteiger partial charge in [0, 0.05) is 37.3 Å². The molecule has 0 amide bonds. The zero-order valence-corrected chi connectivity index (χ0v) is 12.0. The van der Waals surface area contributed by atoms with E-state index in [1.54, 1.807) is 18.3 Å². The van der Waals surface area contributed by atoms with Crippen molar-refractivity contribution >= 4 is 27.0 Å². The van der Waals surface area contributed by atoms with Gasteiger partial charge >= 0.3 is 5.97 Å². The van der Waals surface area contributed by atoms with E-state index in [2.05, 4.69) is 9.97 Å². The standard InChI is InChI=1S/C13H15N3O4S/c17-12(18)6-9-3-5-16(8-9)21(19,20)11-7-15-13-10(11)2-1-4-14-13/h1-2,4,7,9H,3,5-6,8H2,(H,14,15)(H,17,18). The van der Waals surface area contributed by atoms with E-state index in [-0.39, 0.29) is 23.8 Å². The van der Waals surface area contributed by atoms with Gasteiger partial charge < -0.3 is 10.1 Å². The van der Waals surface area contributed by atoms with Gasteiger partial charge in [-0.1, -0.05) is 0 Å². The molecule has 21 heavy (non-hydrogen) atoms. The molecule has 1 unspecified atom stereocenters. The van der Waals surface area contributed by atoms with E-state index in [1.165, 1.54) is 10.5 Å². The van der Waals surface area contributed by atoms with Crippen LogP contribution in [0.3, 0.4) is 0 Å². The molecule has 0 radical (unpaired) electrons. The number of hydrogen-bond donors (Lipinski definition) is 2. The summed E-state index contributed by atoms with van der Waals surface area (Å²) in [5.41, 5.74) is 0.525. The molecule has 2 aromatic rings. The van der Waals surface area contributed by atoms with Crippen molar-refractivity contribution in [2.45, 2.75) is 17.7 Å². The monoisotopic (exact) mass is 309 g/mol. The van der Waals surface area contributed by atoms with Crippen molar-refractivity contribution in [1.29, 1.82) is 0 Å². The molecule has 1 aliphatic rings. The van der Waals surface area contributed by atoms with Crippen LogP contribution in [-0.4, -0.2) is 46.9 Å². The van der Waals surface area contributed by atoms with Crippen LogP contribution in [0.4, 0.5) is 0 Å². The highest BCUT2D eigenvalue weighted by molar-refractivity contribution is 7.89. The van der Waals surface area contributed by atoms with Gasteiger partial charge in [0.15, 0.2) is 0 Å². The van der Waals surface area contributed by atoms with Crippen LogP contribution >= 0.6 is 0 Å². The molecular formula is C13H15N3O4S. The summed E-state index contributed by atoms with van der Waals surface area (Å²) in [6.45, 7) is 0.606. The number of sulfonamides is 1. The molecule has 3 rings (SSSR count). The maximum atomic E-state index is 12.7. The van der Waals surface area contributed by atoms with Gasteiger partial charge in [0.05, 0.1) is 0 Å². The van der Waals surface area contributed by atoms with Crippen molar-refractivity contribution in [1.82, 2.24) is 14.3 Å². The van der Waals surface area contributed by atoms with Crippen LogP contribution in [0.1, 0.15) is 12.8 Å². The number of nitrogens with zero attached hydrogens (tertiary/aromatic N) is 2. The molecule has 0 saturated carbocycles. The van der Waals surface area contributed by atoms with Crippen LogP contribution in [0.15, 0.2) is 29.4 Å². The minimum atomic E-state index is -3.62. The summed E-state index contributed by atoms with van der Waals surface area (Å²) in [5, 5.41) is 9.36. The predicted molar refractivity (Wildman–Crippen MR) is 75.2 cm³/mol. The second kappa shape index (κ2) is 5.12. The van der Waals surface area contributed by atoms with Crippen molar-refractivity contribution in [2.24, 2.45) is 5.92 Å². The van der Waals surface area contributed by atoms with Crippen LogP contribution in [-0.2, 0) is 14.8 Å². The largest absolute Gasteiger partial charge is 0.481 e. The van der Waals surface area contributed by atoms with Gasteiger partial charge in [-0.25, -0.2) is 13.4 Å². The molecule has 0 aliphatic carbocycles. The van der Waals surface area contributed by atoms with Crippen LogP contribution in [0.5, 0.6) is 0 Å². The van der Waals surface area contributed by atoms with Gasteiger partial charge in [-0.2, -0.15) is 4.31 Å². The summed E-state index contributed by atoms with van der Waals surface area (Å²) in [4.78, 5) is 17.9. The van der Waals surface area contributed by atoms with Crippen molar-refractivity contribution in [3.8, 4) is 0 Å². The summed E-state index contributed by atoms with van der Waals surface area (Å²) >= 11 is 0. The first-order valence-corrected chi connectivity index (χ1v) is 8.06. The van der Waals surface area contributed by atoms with Gasteiger partial charge in [-0.15, -0.1) is 0 Å². The third-order valence-electron chi connectivity index (χ3n) is 3.74. The van der Waals surface area contributed by atoms with Crippen molar-refractivity contribution < 1.29 is 18.3 Å². The number of carbonyl (C=O) groups is 1. The Morgan fingerprint density at radius 3 is 3.10 bits per heavy atom. The molecule has 2 aromatic heterocycles. The lowest BCUT2D eigenvalue weighted by Crippen LogP contribution is -2.29. The van der Waals surface area contributed by atoms with E-state index in [0.29, 0.717) is 24.0 Å². The van der Waals surface area contributed by atoms with Crippen LogP contribution in [0.2, 0.25) is 0 Å². The third kappa shape index (κ3) is 2.52. The number of fused-ring (bicyclic) bond motifs is 1. The Kier molecular flexibility index (Phi) is 3.42. The third-order valence-corrected chi connectivity index (χ3v) is 5.65. The highest BCUT2D eigenvalue weighted by Crippen LogP contribution is 2.29. The molecule has 8 heteroatoms. The number of rotatable bonds is 4. The Balaban J connectivity index is 1.89. The summed E-state index contributed by atoms with van der Waals surface area (Å²) in [5.74, 6) is -1.02. The van der Waals surface area contributed by atoms with E-state index in [9.17, 15) is 13.2 Å². The average Bonchev–Trinajstić information content (AvgIpc) is 3.04. The molecule has 2 N–H and O–H groups in total. The molecular weight excluding hydrogens is 294 g/mol. The topological polar surface area (TPSA) is 103 Å². The first-order valence-electron chi connectivity index (χ1n) is 6.62. The van der Waals surface area contributed by atoms with Crippen LogP contribution in [0.25, 0.3) is 11.0 Å². The Morgan fingerprint density at radius 2 is 2.33 bits per heavy atom. The Hall–Kier alpha value is -1.93. The number of H-pyrrole nitrogens is 1. The number of hydrogen-bond acceptors (Lipinski definition) is 4. The Morgan fingerprint density at radius 1 is 1.52 bits per heavy atom. The highest BCUT2D eigenvalue weighted by Gasteiger charge is 2.34. The number of aromatic amines is 1. The van der Waals surface area contributed by atoms with E-state index in [4.69, 9.17) is 5.11 Å². The highest BCUT2D eigenvalue weighted by atomic mass is 32.2. The van der Waals surface area contributed by atoms with Crippen LogP contribution in [0, 0.1) is 5.92 Å². The number of pyridine rings is 1. The Bertz CT molecular complexity index is 784. The molecule has 1 atom stereocenters. The molecule has 0 aromatic carbocycles. The Labute approximate surface area is 121 Å². The van der Waals surface area contributed by atoms with Gasteiger partial charge in [0.2, 0.25) is 10.0 Å². The van der Waals surface area contributed by atoms with E-state index < -0.39 is 16.0 Å². The van der Waals surface area contributed by atoms with Crippen molar-refractivity contribution in [3.05, 3.63) is 24.5 Å². The first-order chi connectivity index (χ1) is 9.98. The summed E-state index contributed by atoms with van der Waals surface area (Å²) in [6, 6.07) is 3.39. The minimum absolute atomic E-state index is 0.00145. The molecule has 1 fully saturated rings. The van der Waals surface area contributed by atoms with Gasteiger partial charge in [-0.3, -0.25) is 4.79 Å². The van der Waals surface area contributed by atoms with E-state index in [0.717, 1.165) is 0 Å². The minimum Gasteiger partial charge on any atom is -0.481 e. The molecule has 3 heterocycles. The zero-order valence-electron chi connectivity index (χ0n) is 11.2. The van der Waals surface area contributed by atoms with Gasteiger partial charge in [0.25, 0.3) is 0 Å². The summed E-state index contributed by atoms with van der Waals surface area (Å²) in [7, 11) is -3.62. The first kappa shape index (κ1) is 14.0. The average molecular weight is 309 g/mol. The quantitative estimate of drug-likeness (QED) is 0.878. The smallest absolute Gasteiger partial charge is 0.303 e. The van der Waals surface area contributed by atoms with Crippen molar-refractivity contribution in [3.63, 3.8) is 0 Å². The maximum Gasteiger partial charge on any atom is 0.303 e. The lowest BCUT2D eigenvalue weighted by atomic mass is 10.1. The normalized spacial score (nSPS) is 20.1. The number of carboxylic acid groups (broad SMARTS) is 1. The molecule has 1 saturated heterocycles. The predicted octanol–water partition coefficient (Wildman–Crippen LogP) is 1.05. The molecule has 112 valence electrons. The maximum absolute atomic E-state index is 12.7. The summed E-state index contributed by atoms with van der Waals surface area (Å²) in [6.07, 6.45) is 3.61. The zero-order chi connectivity index (χ0) is 15.0. The molecule has 0 bridgehead atoms. The molecule has 7 nitrogen and oxygen atoms in total. The van der Waals surface area contributed by atoms with E-state index in [1.807, 2.05) is 0 Å². The fraction of sp³-hybridized carbons (Fsp3) is 0.385. The number of carboxylic acids is 1. The summed E-state index contributed by atoms with van der Waals surface area (Å²) < 4.78 is 26.7. The lowest BCUT2D eigenvalue weighted by Gasteiger charge is -2.15. The second-order valence-electron chi connectivity index (χ2n) is 5.17. The van der Waals surface area contributed by atoms with Gasteiger partial charge in [-0.05, 0) is 24.5 Å². The van der Waals surface area contributed by atoms with E-state index >= 15 is 0 Å². The molecule has 1 aliphatic heterocycles. The van der Waals surface area contributed by atoms with Crippen molar-refractivity contribution in [2.75, 3.05) is 13.1 Å². The van der Waals surface area contributed by atoms with Crippen LogP contribution < -0.4 is 0 Å². The number of aliphatic carboxylic acids is 1. The number of nitrogens with one attached hydrogen (secondary N) is 1. The SMILES string of the molecule is O=C(O)CC1CCN(S(=O)(=O)c2c[nH]c3ncccc23)C1. The van der Waals surface area contributed by atoms with Gasteiger partial charge in [0.1, 0.15) is 10.5 Å². The lowest BCUT2D eigenvalue weighted by molar-refractivity contribution is -0.137. The second-order valence-corrected chi connectivity index (χ2v) is 7.07. The number of aromatic nitrogens is 2. The fourth-order valence-corrected chi connectivity index (χ4v) is 4.39.